The highest BCUT2D eigenvalue weighted by molar-refractivity contribution is 7.98. The number of nitrogens with zero attached hydrogens (tertiary/aromatic N) is 2. The van der Waals surface area contributed by atoms with Crippen LogP contribution in [0, 0.1) is 5.82 Å². The minimum atomic E-state index is -3.77. The molecule has 0 unspecified atom stereocenters. The van der Waals surface area contributed by atoms with Crippen molar-refractivity contribution in [1.82, 2.24) is 9.55 Å². The third kappa shape index (κ3) is 4.25. The van der Waals surface area contributed by atoms with Gasteiger partial charge in [0.25, 0.3) is 0 Å². The summed E-state index contributed by atoms with van der Waals surface area (Å²) in [7, 11) is -3.77. The van der Waals surface area contributed by atoms with Crippen molar-refractivity contribution in [2.24, 2.45) is 5.14 Å². The largest absolute Gasteiger partial charge is 0.319 e. The second-order valence-electron chi connectivity index (χ2n) is 6.01. The Bertz CT molecular complexity index is 1030. The second-order valence-corrected chi connectivity index (χ2v) is 8.52. The van der Waals surface area contributed by atoms with Crippen molar-refractivity contribution < 1.29 is 12.8 Å². The summed E-state index contributed by atoms with van der Waals surface area (Å²) in [5.74, 6) is 0.315. The summed E-state index contributed by atoms with van der Waals surface area (Å²) in [6.07, 6.45) is 2.01. The van der Waals surface area contributed by atoms with Gasteiger partial charge in [0.15, 0.2) is 5.16 Å². The Balaban J connectivity index is 1.96. The van der Waals surface area contributed by atoms with Gasteiger partial charge in [0, 0.05) is 12.3 Å². The number of sulfonamides is 1. The van der Waals surface area contributed by atoms with E-state index in [1.165, 1.54) is 36.0 Å². The van der Waals surface area contributed by atoms with Crippen LogP contribution in [-0.4, -0.2) is 18.0 Å². The maximum atomic E-state index is 13.4. The fourth-order valence-corrected chi connectivity index (χ4v) is 4.20. The van der Waals surface area contributed by atoms with Crippen molar-refractivity contribution in [2.75, 3.05) is 0 Å². The summed E-state index contributed by atoms with van der Waals surface area (Å²) in [6, 6.07) is 11.2. The first kappa shape index (κ1) is 18.9. The molecule has 0 bridgehead atoms. The van der Waals surface area contributed by atoms with E-state index in [4.69, 9.17) is 5.14 Å². The average molecular weight is 394 g/mol. The number of aromatic nitrogens is 2. The molecule has 0 aliphatic heterocycles. The van der Waals surface area contributed by atoms with Crippen LogP contribution in [0.3, 0.4) is 0 Å². The van der Waals surface area contributed by atoms with Crippen LogP contribution in [0.1, 0.15) is 25.3 Å². The highest BCUT2D eigenvalue weighted by Gasteiger charge is 2.15. The highest BCUT2D eigenvalue weighted by Crippen LogP contribution is 2.28. The molecule has 0 saturated carbocycles. The fourth-order valence-electron chi connectivity index (χ4n) is 2.68. The molecule has 0 saturated heterocycles. The third-order valence-corrected chi connectivity index (χ3v) is 5.96. The van der Waals surface area contributed by atoms with Gasteiger partial charge < -0.3 is 4.57 Å². The number of imidazole rings is 1. The zero-order chi connectivity index (χ0) is 18.7. The Labute approximate surface area is 156 Å². The lowest BCUT2D eigenvalue weighted by Gasteiger charge is -2.08. The van der Waals surface area contributed by atoms with Crippen LogP contribution < -0.4 is 5.14 Å². The summed E-state index contributed by atoms with van der Waals surface area (Å²) in [5.41, 5.74) is 2.33. The third-order valence-electron chi connectivity index (χ3n) is 4.01. The standard InChI is InChI=1S/C18H20FN3O2S2/c1-2-3-9-22-17-8-7-15(26(20,23)24)11-16(17)21-18(22)25-12-13-5-4-6-14(19)10-13/h4-8,10-11H,2-3,9,12H2,1H3,(H2,20,23,24). The molecule has 3 aromatic rings. The molecule has 138 valence electrons. The van der Waals surface area contributed by atoms with Crippen LogP contribution in [0.2, 0.25) is 0 Å². The summed E-state index contributed by atoms with van der Waals surface area (Å²) in [4.78, 5) is 4.64. The summed E-state index contributed by atoms with van der Waals surface area (Å²) < 4.78 is 38.6. The Hall–Kier alpha value is -1.90. The lowest BCUT2D eigenvalue weighted by atomic mass is 10.2. The second kappa shape index (κ2) is 7.77. The number of hydrogen-bond acceptors (Lipinski definition) is 4. The molecule has 1 aromatic heterocycles. The Kier molecular flexibility index (Phi) is 5.64. The van der Waals surface area contributed by atoms with Crippen molar-refractivity contribution >= 4 is 32.8 Å². The van der Waals surface area contributed by atoms with Crippen LogP contribution in [0.4, 0.5) is 4.39 Å². The minimum Gasteiger partial charge on any atom is -0.319 e. The Morgan fingerprint density at radius 3 is 2.73 bits per heavy atom. The van der Waals surface area contributed by atoms with E-state index in [1.54, 1.807) is 12.1 Å². The number of aryl methyl sites for hydroxylation is 1. The smallest absolute Gasteiger partial charge is 0.238 e. The van der Waals surface area contributed by atoms with E-state index < -0.39 is 10.0 Å². The molecule has 26 heavy (non-hydrogen) atoms. The minimum absolute atomic E-state index is 0.0480. The first-order valence-electron chi connectivity index (χ1n) is 8.29. The van der Waals surface area contributed by atoms with Crippen LogP contribution in [0.5, 0.6) is 0 Å². The van der Waals surface area contributed by atoms with E-state index in [0.29, 0.717) is 11.3 Å². The molecule has 2 N–H and O–H groups in total. The molecule has 0 atom stereocenters. The average Bonchev–Trinajstić information content (AvgIpc) is 2.94. The fraction of sp³-hybridized carbons (Fsp3) is 0.278. The SMILES string of the molecule is CCCCn1c(SCc2cccc(F)c2)nc2cc(S(N)(=O)=O)ccc21. The van der Waals surface area contributed by atoms with Gasteiger partial charge in [-0.05, 0) is 42.3 Å². The van der Waals surface area contributed by atoms with Gasteiger partial charge in [0.05, 0.1) is 15.9 Å². The number of hydrogen-bond donors (Lipinski definition) is 1. The highest BCUT2D eigenvalue weighted by atomic mass is 32.2. The normalized spacial score (nSPS) is 12.0. The van der Waals surface area contributed by atoms with E-state index in [-0.39, 0.29) is 10.7 Å². The number of benzene rings is 2. The quantitative estimate of drug-likeness (QED) is 0.617. The van der Waals surface area contributed by atoms with E-state index in [2.05, 4.69) is 16.5 Å². The molecule has 5 nitrogen and oxygen atoms in total. The lowest BCUT2D eigenvalue weighted by molar-refractivity contribution is 0.597. The zero-order valence-corrected chi connectivity index (χ0v) is 16.0. The van der Waals surface area contributed by atoms with Crippen LogP contribution in [0.15, 0.2) is 52.5 Å². The van der Waals surface area contributed by atoms with Crippen LogP contribution >= 0.6 is 11.8 Å². The topological polar surface area (TPSA) is 78.0 Å². The van der Waals surface area contributed by atoms with Crippen LogP contribution in [0.25, 0.3) is 11.0 Å². The van der Waals surface area contributed by atoms with Gasteiger partial charge in [0.2, 0.25) is 10.0 Å². The van der Waals surface area contributed by atoms with Gasteiger partial charge in [0.1, 0.15) is 5.82 Å². The molecule has 0 aliphatic rings. The Morgan fingerprint density at radius 2 is 2.04 bits per heavy atom. The first-order valence-corrected chi connectivity index (χ1v) is 10.8. The van der Waals surface area contributed by atoms with Crippen LogP contribution in [-0.2, 0) is 22.3 Å². The van der Waals surface area contributed by atoms with Gasteiger partial charge in [-0.2, -0.15) is 0 Å². The molecule has 0 aliphatic carbocycles. The van der Waals surface area contributed by atoms with Crippen molar-refractivity contribution in [2.45, 2.75) is 42.1 Å². The van der Waals surface area contributed by atoms with Crippen molar-refractivity contribution in [3.05, 3.63) is 53.8 Å². The van der Waals surface area contributed by atoms with Gasteiger partial charge in [-0.3, -0.25) is 0 Å². The monoisotopic (exact) mass is 393 g/mol. The number of nitrogens with two attached hydrogens (primary N) is 1. The van der Waals surface area contributed by atoms with E-state index in [0.717, 1.165) is 35.6 Å². The molecule has 0 amide bonds. The molecule has 0 radical (unpaired) electrons. The zero-order valence-electron chi connectivity index (χ0n) is 14.4. The number of rotatable bonds is 7. The molecule has 8 heteroatoms. The number of fused-ring (bicyclic) bond motifs is 1. The van der Waals surface area contributed by atoms with E-state index >= 15 is 0 Å². The van der Waals surface area contributed by atoms with E-state index in [1.807, 2.05) is 6.07 Å². The molecular weight excluding hydrogens is 373 g/mol. The Morgan fingerprint density at radius 1 is 1.23 bits per heavy atom. The predicted molar refractivity (Wildman–Crippen MR) is 102 cm³/mol. The molecule has 2 aromatic carbocycles. The molecule has 1 heterocycles. The molecule has 3 rings (SSSR count). The van der Waals surface area contributed by atoms with Gasteiger partial charge in [-0.1, -0.05) is 37.2 Å². The maximum absolute atomic E-state index is 13.4. The summed E-state index contributed by atoms with van der Waals surface area (Å²) in [6.45, 7) is 2.89. The predicted octanol–water partition coefficient (Wildman–Crippen LogP) is 3.92. The molecule has 0 fully saturated rings. The first-order chi connectivity index (χ1) is 12.4. The number of primary sulfonamides is 1. The molecular formula is C18H20FN3O2S2. The van der Waals surface area contributed by atoms with Crippen molar-refractivity contribution in [1.29, 1.82) is 0 Å². The molecule has 0 spiro atoms. The summed E-state index contributed by atoms with van der Waals surface area (Å²) in [5, 5.41) is 6.00. The van der Waals surface area contributed by atoms with Gasteiger partial charge >= 0.3 is 0 Å². The van der Waals surface area contributed by atoms with E-state index in [9.17, 15) is 12.8 Å². The van der Waals surface area contributed by atoms with Crippen molar-refractivity contribution in [3.8, 4) is 0 Å². The van der Waals surface area contributed by atoms with Gasteiger partial charge in [-0.15, -0.1) is 0 Å². The van der Waals surface area contributed by atoms with Crippen molar-refractivity contribution in [3.63, 3.8) is 0 Å². The lowest BCUT2D eigenvalue weighted by Crippen LogP contribution is -2.11. The number of unbranched alkanes of at least 4 members (excludes halogenated alkanes) is 1. The number of halogens is 1. The summed E-state index contributed by atoms with van der Waals surface area (Å²) >= 11 is 1.50. The number of thioether (sulfide) groups is 1. The maximum Gasteiger partial charge on any atom is 0.238 e. The van der Waals surface area contributed by atoms with Gasteiger partial charge in [-0.25, -0.2) is 22.9 Å².